The van der Waals surface area contributed by atoms with Gasteiger partial charge in [-0.1, -0.05) is 12.1 Å². The normalized spacial score (nSPS) is 11.1. The van der Waals surface area contributed by atoms with Crippen molar-refractivity contribution in [1.82, 2.24) is 0 Å². The van der Waals surface area contributed by atoms with Gasteiger partial charge in [-0.05, 0) is 36.6 Å². The number of hydrogen-bond donors (Lipinski definition) is 0. The van der Waals surface area contributed by atoms with Crippen LogP contribution in [0.3, 0.4) is 0 Å². The highest BCUT2D eigenvalue weighted by Crippen LogP contribution is 2.27. The van der Waals surface area contributed by atoms with Crippen LogP contribution in [0.25, 0.3) is 0 Å². The van der Waals surface area contributed by atoms with Crippen molar-refractivity contribution in [3.05, 3.63) is 47.3 Å². The van der Waals surface area contributed by atoms with Gasteiger partial charge in [0.15, 0.2) is 0 Å². The van der Waals surface area contributed by atoms with Crippen LogP contribution in [-0.2, 0) is 14.8 Å². The van der Waals surface area contributed by atoms with Gasteiger partial charge in [0.1, 0.15) is 4.21 Å². The smallest absolute Gasteiger partial charge is 0.337 e. The third-order valence-corrected chi connectivity index (χ3v) is 6.16. The minimum Gasteiger partial charge on any atom is -0.465 e. The molecule has 0 aliphatic carbocycles. The van der Waals surface area contributed by atoms with Gasteiger partial charge < -0.3 is 4.74 Å². The van der Waals surface area contributed by atoms with E-state index in [2.05, 4.69) is 4.74 Å². The van der Waals surface area contributed by atoms with E-state index in [1.54, 1.807) is 42.6 Å². The Balaban J connectivity index is 2.45. The van der Waals surface area contributed by atoms with Crippen LogP contribution in [0, 0.1) is 0 Å². The quantitative estimate of drug-likeness (QED) is 0.793. The van der Waals surface area contributed by atoms with E-state index in [0.717, 1.165) is 11.3 Å². The van der Waals surface area contributed by atoms with E-state index >= 15 is 0 Å². The number of carbonyl (C=O) groups excluding carboxylic acids is 1. The van der Waals surface area contributed by atoms with E-state index in [-0.39, 0.29) is 10.8 Å². The average molecular weight is 325 g/mol. The molecule has 0 atom stereocenters. The molecule has 0 amide bonds. The summed E-state index contributed by atoms with van der Waals surface area (Å²) in [4.78, 5) is 11.6. The summed E-state index contributed by atoms with van der Waals surface area (Å²) in [6.07, 6.45) is 0. The third-order valence-electron chi connectivity index (χ3n) is 2.88. The number of esters is 1. The number of carbonyl (C=O) groups is 1. The number of sulfonamides is 1. The zero-order valence-electron chi connectivity index (χ0n) is 11.6. The lowest BCUT2D eigenvalue weighted by Gasteiger charge is -2.22. The maximum atomic E-state index is 12.6. The Kier molecular flexibility index (Phi) is 4.64. The number of rotatable bonds is 5. The number of methoxy groups -OCH3 is 1. The standard InChI is InChI=1S/C14H15NO4S2/c1-3-15(21(17,18)13-8-5-9-20-13)12-7-4-6-11(10-12)14(16)19-2/h4-10H,3H2,1-2H3. The number of nitrogens with zero attached hydrogens (tertiary/aromatic N) is 1. The van der Waals surface area contributed by atoms with E-state index in [1.807, 2.05) is 0 Å². The van der Waals surface area contributed by atoms with Crippen LogP contribution >= 0.6 is 11.3 Å². The van der Waals surface area contributed by atoms with Crippen molar-refractivity contribution in [3.63, 3.8) is 0 Å². The Morgan fingerprint density at radius 1 is 1.29 bits per heavy atom. The van der Waals surface area contributed by atoms with Crippen molar-refractivity contribution >= 4 is 33.0 Å². The molecule has 0 unspecified atom stereocenters. The van der Waals surface area contributed by atoms with Gasteiger partial charge in [-0.2, -0.15) is 0 Å². The minimum absolute atomic E-state index is 0.269. The van der Waals surface area contributed by atoms with Crippen molar-refractivity contribution in [2.75, 3.05) is 18.0 Å². The van der Waals surface area contributed by atoms with Crippen LogP contribution in [0.2, 0.25) is 0 Å². The lowest BCUT2D eigenvalue weighted by atomic mass is 10.2. The molecule has 1 heterocycles. The summed E-state index contributed by atoms with van der Waals surface area (Å²) < 4.78 is 31.4. The summed E-state index contributed by atoms with van der Waals surface area (Å²) in [5, 5.41) is 1.71. The van der Waals surface area contributed by atoms with E-state index in [1.165, 1.54) is 17.5 Å². The van der Waals surface area contributed by atoms with Crippen molar-refractivity contribution < 1.29 is 17.9 Å². The number of hydrogen-bond acceptors (Lipinski definition) is 5. The fourth-order valence-corrected chi connectivity index (χ4v) is 4.49. The molecule has 112 valence electrons. The molecule has 1 aromatic carbocycles. The van der Waals surface area contributed by atoms with E-state index in [4.69, 9.17) is 0 Å². The van der Waals surface area contributed by atoms with Gasteiger partial charge >= 0.3 is 5.97 Å². The van der Waals surface area contributed by atoms with Crippen LogP contribution in [0.5, 0.6) is 0 Å². The highest BCUT2D eigenvalue weighted by molar-refractivity contribution is 7.94. The van der Waals surface area contributed by atoms with Gasteiger partial charge in [0, 0.05) is 6.54 Å². The van der Waals surface area contributed by atoms with Crippen LogP contribution in [0.15, 0.2) is 46.0 Å². The molecular weight excluding hydrogens is 310 g/mol. The summed E-state index contributed by atoms with van der Waals surface area (Å²) in [7, 11) is -2.32. The first kappa shape index (κ1) is 15.5. The van der Waals surface area contributed by atoms with Crippen molar-refractivity contribution in [2.24, 2.45) is 0 Å². The summed E-state index contributed by atoms with van der Waals surface area (Å²) in [5.41, 5.74) is 0.753. The second-order valence-electron chi connectivity index (χ2n) is 4.14. The Morgan fingerprint density at radius 2 is 2.05 bits per heavy atom. The molecule has 0 bridgehead atoms. The number of thiophene rings is 1. The molecule has 0 spiro atoms. The molecule has 0 aliphatic rings. The summed E-state index contributed by atoms with van der Waals surface area (Å²) in [5.74, 6) is -0.499. The monoisotopic (exact) mass is 325 g/mol. The maximum Gasteiger partial charge on any atom is 0.337 e. The Labute approximate surface area is 127 Å². The van der Waals surface area contributed by atoms with E-state index in [9.17, 15) is 13.2 Å². The first-order valence-electron chi connectivity index (χ1n) is 6.25. The van der Waals surface area contributed by atoms with Crippen molar-refractivity contribution in [3.8, 4) is 0 Å². The molecular formula is C14H15NO4S2. The molecule has 5 nitrogen and oxygen atoms in total. The van der Waals surface area contributed by atoms with E-state index < -0.39 is 16.0 Å². The minimum atomic E-state index is -3.61. The van der Waals surface area contributed by atoms with Gasteiger partial charge in [-0.3, -0.25) is 4.31 Å². The van der Waals surface area contributed by atoms with Gasteiger partial charge in [0.25, 0.3) is 10.0 Å². The topological polar surface area (TPSA) is 63.7 Å². The van der Waals surface area contributed by atoms with Crippen LogP contribution < -0.4 is 4.31 Å². The molecule has 7 heteroatoms. The van der Waals surface area contributed by atoms with E-state index in [0.29, 0.717) is 11.3 Å². The molecule has 0 radical (unpaired) electrons. The number of ether oxygens (including phenoxy) is 1. The summed E-state index contributed by atoms with van der Waals surface area (Å²) in [6.45, 7) is 2.01. The lowest BCUT2D eigenvalue weighted by Crippen LogP contribution is -2.30. The molecule has 21 heavy (non-hydrogen) atoms. The summed E-state index contributed by atoms with van der Waals surface area (Å²) >= 11 is 1.16. The molecule has 0 saturated heterocycles. The van der Waals surface area contributed by atoms with Gasteiger partial charge in [-0.15, -0.1) is 11.3 Å². The second kappa shape index (κ2) is 6.28. The Bertz CT molecular complexity index is 723. The second-order valence-corrected chi connectivity index (χ2v) is 7.18. The third kappa shape index (κ3) is 3.08. The number of anilines is 1. The van der Waals surface area contributed by atoms with Crippen molar-refractivity contribution in [1.29, 1.82) is 0 Å². The Hall–Kier alpha value is -1.86. The number of benzene rings is 1. The highest BCUT2D eigenvalue weighted by Gasteiger charge is 2.25. The summed E-state index contributed by atoms with van der Waals surface area (Å²) in [6, 6.07) is 9.64. The van der Waals surface area contributed by atoms with Crippen LogP contribution in [0.4, 0.5) is 5.69 Å². The average Bonchev–Trinajstić information content (AvgIpc) is 3.02. The first-order chi connectivity index (χ1) is 10.0. The van der Waals surface area contributed by atoms with Crippen molar-refractivity contribution in [2.45, 2.75) is 11.1 Å². The van der Waals surface area contributed by atoms with Crippen LogP contribution in [-0.4, -0.2) is 28.0 Å². The lowest BCUT2D eigenvalue weighted by molar-refractivity contribution is 0.0600. The molecule has 0 fully saturated rings. The molecule has 0 N–H and O–H groups in total. The molecule has 0 aliphatic heterocycles. The van der Waals surface area contributed by atoms with Gasteiger partial charge in [-0.25, -0.2) is 13.2 Å². The zero-order valence-corrected chi connectivity index (χ0v) is 13.3. The highest BCUT2D eigenvalue weighted by atomic mass is 32.2. The maximum absolute atomic E-state index is 12.6. The predicted molar refractivity (Wildman–Crippen MR) is 82.3 cm³/mol. The first-order valence-corrected chi connectivity index (χ1v) is 8.57. The Morgan fingerprint density at radius 3 is 2.62 bits per heavy atom. The fourth-order valence-electron chi connectivity index (χ4n) is 1.92. The van der Waals surface area contributed by atoms with Crippen LogP contribution in [0.1, 0.15) is 17.3 Å². The van der Waals surface area contributed by atoms with Gasteiger partial charge in [0.2, 0.25) is 0 Å². The molecule has 1 aromatic heterocycles. The largest absolute Gasteiger partial charge is 0.465 e. The molecule has 2 aromatic rings. The van der Waals surface area contributed by atoms with Gasteiger partial charge in [0.05, 0.1) is 18.4 Å². The predicted octanol–water partition coefficient (Wildman–Crippen LogP) is 2.75. The molecule has 0 saturated carbocycles. The SMILES string of the molecule is CCN(c1cccc(C(=O)OC)c1)S(=O)(=O)c1cccs1. The molecule has 2 rings (SSSR count). The fraction of sp³-hybridized carbons (Fsp3) is 0.214. The zero-order chi connectivity index (χ0) is 15.5.